The zero-order valence-corrected chi connectivity index (χ0v) is 7.27. The molecule has 0 saturated carbocycles. The van der Waals surface area contributed by atoms with Crippen molar-refractivity contribution < 1.29 is 19.7 Å². The Hall–Kier alpha value is -0.160. The first kappa shape index (κ1) is 9.92. The van der Waals surface area contributed by atoms with Crippen LogP contribution in [-0.4, -0.2) is 42.4 Å². The largest absolute Gasteiger partial charge is 0.396 e. The average molecular weight is 176 g/mol. The lowest BCUT2D eigenvalue weighted by molar-refractivity contribution is -0.204. The normalized spacial score (nSPS) is 36.8. The van der Waals surface area contributed by atoms with Crippen molar-refractivity contribution >= 4 is 0 Å². The molecule has 0 unspecified atom stereocenters. The lowest BCUT2D eigenvalue weighted by Gasteiger charge is -2.31. The highest BCUT2D eigenvalue weighted by Gasteiger charge is 2.29. The number of aliphatic hydroxyl groups excluding tert-OH is 2. The molecule has 1 rings (SSSR count). The minimum atomic E-state index is -0.500. The van der Waals surface area contributed by atoms with Crippen LogP contribution in [0.25, 0.3) is 0 Å². The highest BCUT2D eigenvalue weighted by Crippen LogP contribution is 2.19. The van der Waals surface area contributed by atoms with E-state index in [4.69, 9.17) is 14.6 Å². The highest BCUT2D eigenvalue weighted by atomic mass is 16.7. The van der Waals surface area contributed by atoms with Crippen LogP contribution in [0.3, 0.4) is 0 Å². The number of ether oxygens (including phenoxy) is 2. The minimum absolute atomic E-state index is 0.0278. The molecule has 0 amide bonds. The second kappa shape index (κ2) is 4.77. The summed E-state index contributed by atoms with van der Waals surface area (Å²) in [7, 11) is 0. The van der Waals surface area contributed by atoms with E-state index in [1.165, 1.54) is 0 Å². The van der Waals surface area contributed by atoms with E-state index in [1.54, 1.807) is 0 Å². The molecule has 1 saturated heterocycles. The van der Waals surface area contributed by atoms with Crippen LogP contribution in [0, 0.1) is 5.92 Å². The Kier molecular flexibility index (Phi) is 3.94. The molecule has 1 aliphatic heterocycles. The van der Waals surface area contributed by atoms with Gasteiger partial charge in [-0.2, -0.15) is 0 Å². The van der Waals surface area contributed by atoms with Crippen LogP contribution in [-0.2, 0) is 9.47 Å². The molecule has 0 aromatic rings. The zero-order valence-electron chi connectivity index (χ0n) is 7.27. The molecule has 4 heteroatoms. The summed E-state index contributed by atoms with van der Waals surface area (Å²) in [6, 6.07) is 0. The van der Waals surface area contributed by atoms with Gasteiger partial charge in [-0.05, 0) is 6.92 Å². The topological polar surface area (TPSA) is 58.9 Å². The predicted molar refractivity (Wildman–Crippen MR) is 42.6 cm³/mol. The van der Waals surface area contributed by atoms with Crippen molar-refractivity contribution in [2.75, 3.05) is 19.8 Å². The number of aliphatic hydroxyl groups is 2. The van der Waals surface area contributed by atoms with Crippen LogP contribution >= 0.6 is 0 Å². The van der Waals surface area contributed by atoms with Crippen LogP contribution < -0.4 is 0 Å². The zero-order chi connectivity index (χ0) is 8.97. The molecule has 1 fully saturated rings. The van der Waals surface area contributed by atoms with Crippen molar-refractivity contribution in [3.63, 3.8) is 0 Å². The standard InChI is InChI=1S/C8H16O4/c1-2-11-8-3-7(10)6(4-9)5-12-8/h6-10H,2-5H2,1H3/t6-,7-,8-/m0/s1. The predicted octanol–water partition coefficient (Wildman–Crippen LogP) is -0.261. The number of rotatable bonds is 3. The van der Waals surface area contributed by atoms with Gasteiger partial charge in [-0.3, -0.25) is 0 Å². The van der Waals surface area contributed by atoms with Crippen LogP contribution in [0.2, 0.25) is 0 Å². The van der Waals surface area contributed by atoms with Crippen LogP contribution in [0.1, 0.15) is 13.3 Å². The molecular formula is C8H16O4. The Morgan fingerprint density at radius 1 is 1.58 bits per heavy atom. The van der Waals surface area contributed by atoms with E-state index in [1.807, 2.05) is 6.92 Å². The third-order valence-corrected chi connectivity index (χ3v) is 2.06. The van der Waals surface area contributed by atoms with E-state index in [9.17, 15) is 5.11 Å². The van der Waals surface area contributed by atoms with Gasteiger partial charge in [-0.15, -0.1) is 0 Å². The van der Waals surface area contributed by atoms with Gasteiger partial charge in [-0.1, -0.05) is 0 Å². The Labute approximate surface area is 72.1 Å². The maximum absolute atomic E-state index is 9.45. The first-order valence-electron chi connectivity index (χ1n) is 4.30. The van der Waals surface area contributed by atoms with Gasteiger partial charge in [0.25, 0.3) is 0 Å². The molecule has 0 bridgehead atoms. The van der Waals surface area contributed by atoms with E-state index in [2.05, 4.69) is 0 Å². The Bertz CT molecular complexity index is 128. The summed E-state index contributed by atoms with van der Waals surface area (Å²) in [5, 5.41) is 18.2. The van der Waals surface area contributed by atoms with Crippen molar-refractivity contribution in [3.05, 3.63) is 0 Å². The van der Waals surface area contributed by atoms with E-state index in [0.717, 1.165) is 0 Å². The fourth-order valence-corrected chi connectivity index (χ4v) is 1.28. The van der Waals surface area contributed by atoms with Crippen molar-refractivity contribution in [2.45, 2.75) is 25.7 Å². The Morgan fingerprint density at radius 2 is 2.33 bits per heavy atom. The molecule has 72 valence electrons. The molecule has 1 aliphatic rings. The summed E-state index contributed by atoms with van der Waals surface area (Å²) < 4.78 is 10.4. The molecule has 0 aromatic carbocycles. The smallest absolute Gasteiger partial charge is 0.160 e. The molecule has 12 heavy (non-hydrogen) atoms. The monoisotopic (exact) mass is 176 g/mol. The van der Waals surface area contributed by atoms with E-state index >= 15 is 0 Å². The van der Waals surface area contributed by atoms with Gasteiger partial charge in [0, 0.05) is 18.9 Å². The molecule has 0 aromatic heterocycles. The maximum Gasteiger partial charge on any atom is 0.160 e. The highest BCUT2D eigenvalue weighted by molar-refractivity contribution is 4.73. The second-order valence-electron chi connectivity index (χ2n) is 2.96. The fourth-order valence-electron chi connectivity index (χ4n) is 1.28. The van der Waals surface area contributed by atoms with E-state index in [-0.39, 0.29) is 18.8 Å². The molecule has 0 aliphatic carbocycles. The quantitative estimate of drug-likeness (QED) is 0.622. The third kappa shape index (κ3) is 2.42. The van der Waals surface area contributed by atoms with Gasteiger partial charge in [0.05, 0.1) is 19.3 Å². The SMILES string of the molecule is CCO[C@@H]1C[C@H](O)[C@@H](CO)CO1. The second-order valence-corrected chi connectivity index (χ2v) is 2.96. The van der Waals surface area contributed by atoms with Crippen molar-refractivity contribution in [1.29, 1.82) is 0 Å². The summed E-state index contributed by atoms with van der Waals surface area (Å²) in [6.45, 7) is 2.82. The lowest BCUT2D eigenvalue weighted by atomic mass is 9.99. The van der Waals surface area contributed by atoms with Gasteiger partial charge < -0.3 is 19.7 Å². The summed E-state index contributed by atoms with van der Waals surface area (Å²) >= 11 is 0. The Balaban J connectivity index is 2.30. The van der Waals surface area contributed by atoms with Gasteiger partial charge in [0.2, 0.25) is 0 Å². The van der Waals surface area contributed by atoms with Gasteiger partial charge in [0.1, 0.15) is 0 Å². The summed E-state index contributed by atoms with van der Waals surface area (Å²) in [5.74, 6) is -0.151. The van der Waals surface area contributed by atoms with Crippen molar-refractivity contribution in [1.82, 2.24) is 0 Å². The maximum atomic E-state index is 9.45. The summed E-state index contributed by atoms with van der Waals surface area (Å²) in [4.78, 5) is 0. The third-order valence-electron chi connectivity index (χ3n) is 2.06. The first-order valence-corrected chi connectivity index (χ1v) is 4.30. The van der Waals surface area contributed by atoms with Gasteiger partial charge in [0.15, 0.2) is 6.29 Å². The first-order chi connectivity index (χ1) is 5.77. The Morgan fingerprint density at radius 3 is 2.83 bits per heavy atom. The molecule has 0 spiro atoms. The fraction of sp³-hybridized carbons (Fsp3) is 1.00. The van der Waals surface area contributed by atoms with E-state index in [0.29, 0.717) is 19.6 Å². The molecule has 2 N–H and O–H groups in total. The minimum Gasteiger partial charge on any atom is -0.396 e. The van der Waals surface area contributed by atoms with Crippen LogP contribution in [0.5, 0.6) is 0 Å². The number of hydrogen-bond donors (Lipinski definition) is 2. The van der Waals surface area contributed by atoms with Crippen LogP contribution in [0.15, 0.2) is 0 Å². The van der Waals surface area contributed by atoms with Crippen LogP contribution in [0.4, 0.5) is 0 Å². The van der Waals surface area contributed by atoms with Crippen molar-refractivity contribution in [3.8, 4) is 0 Å². The molecule has 4 nitrogen and oxygen atoms in total. The molecular weight excluding hydrogens is 160 g/mol. The van der Waals surface area contributed by atoms with Gasteiger partial charge >= 0.3 is 0 Å². The lowest BCUT2D eigenvalue weighted by Crippen LogP contribution is -2.40. The molecule has 1 heterocycles. The van der Waals surface area contributed by atoms with Crippen molar-refractivity contribution in [2.24, 2.45) is 5.92 Å². The number of hydrogen-bond acceptors (Lipinski definition) is 4. The average Bonchev–Trinajstić information content (AvgIpc) is 2.05. The molecule has 0 radical (unpaired) electrons. The van der Waals surface area contributed by atoms with E-state index < -0.39 is 6.10 Å². The summed E-state index contributed by atoms with van der Waals surface area (Å²) in [6.07, 6.45) is -0.341. The summed E-state index contributed by atoms with van der Waals surface area (Å²) in [5.41, 5.74) is 0. The van der Waals surface area contributed by atoms with Gasteiger partial charge in [-0.25, -0.2) is 0 Å². The molecule has 3 atom stereocenters.